The highest BCUT2D eigenvalue weighted by Crippen LogP contribution is 2.32. The highest BCUT2D eigenvalue weighted by Gasteiger charge is 2.26. The quantitative estimate of drug-likeness (QED) is 0.331. The molecular weight excluding hydrogens is 454 g/mol. The van der Waals surface area contributed by atoms with Gasteiger partial charge in [-0.2, -0.15) is 0 Å². The van der Waals surface area contributed by atoms with Gasteiger partial charge in [0.2, 0.25) is 15.7 Å². The van der Waals surface area contributed by atoms with Crippen LogP contribution in [-0.2, 0) is 14.6 Å². The van der Waals surface area contributed by atoms with Crippen molar-refractivity contribution in [3.05, 3.63) is 72.3 Å². The van der Waals surface area contributed by atoms with Crippen molar-refractivity contribution in [1.29, 1.82) is 0 Å². The molecule has 0 spiro atoms. The Balaban J connectivity index is 1.49. The Bertz CT molecular complexity index is 1220. The molecule has 0 fully saturated rings. The minimum atomic E-state index is -3.81. The van der Waals surface area contributed by atoms with Crippen LogP contribution in [0.3, 0.4) is 0 Å². The number of nitrogens with zero attached hydrogens (tertiary/aromatic N) is 1. The average Bonchev–Trinajstić information content (AvgIpc) is 3.30. The summed E-state index contributed by atoms with van der Waals surface area (Å²) in [5.74, 6) is 0.413. The molecule has 172 valence electrons. The summed E-state index contributed by atoms with van der Waals surface area (Å²) in [6.45, 7) is 0.593. The van der Waals surface area contributed by atoms with Gasteiger partial charge in [0.15, 0.2) is 5.03 Å². The van der Waals surface area contributed by atoms with Gasteiger partial charge in [0.1, 0.15) is 10.9 Å². The van der Waals surface area contributed by atoms with Crippen molar-refractivity contribution in [2.24, 2.45) is 0 Å². The molecular formula is C25H27N3O3S2. The number of imidazole rings is 1. The van der Waals surface area contributed by atoms with Crippen LogP contribution in [0.15, 0.2) is 87.3 Å². The van der Waals surface area contributed by atoms with Crippen molar-refractivity contribution in [1.82, 2.24) is 15.3 Å². The third-order valence-corrected chi connectivity index (χ3v) is 8.33. The van der Waals surface area contributed by atoms with Gasteiger partial charge < -0.3 is 10.3 Å². The molecule has 33 heavy (non-hydrogen) atoms. The van der Waals surface area contributed by atoms with Crippen molar-refractivity contribution in [2.45, 2.75) is 47.1 Å². The van der Waals surface area contributed by atoms with Gasteiger partial charge in [-0.25, -0.2) is 13.4 Å². The van der Waals surface area contributed by atoms with Crippen molar-refractivity contribution < 1.29 is 13.2 Å². The molecule has 0 atom stereocenters. The van der Waals surface area contributed by atoms with Crippen LogP contribution in [0.2, 0.25) is 0 Å². The lowest BCUT2D eigenvalue weighted by molar-refractivity contribution is -0.118. The summed E-state index contributed by atoms with van der Waals surface area (Å²) in [7, 11) is -3.81. The van der Waals surface area contributed by atoms with E-state index in [4.69, 9.17) is 0 Å². The van der Waals surface area contributed by atoms with E-state index in [9.17, 15) is 13.2 Å². The first-order valence-electron chi connectivity index (χ1n) is 11.1. The topological polar surface area (TPSA) is 91.9 Å². The molecule has 0 saturated carbocycles. The summed E-state index contributed by atoms with van der Waals surface area (Å²) >= 11 is 1.13. The Morgan fingerprint density at radius 1 is 1.03 bits per heavy atom. The zero-order valence-electron chi connectivity index (χ0n) is 18.3. The third kappa shape index (κ3) is 5.94. The molecule has 2 N–H and O–H groups in total. The average molecular weight is 482 g/mol. The van der Waals surface area contributed by atoms with Crippen molar-refractivity contribution in [3.8, 4) is 11.4 Å². The molecule has 1 aliphatic carbocycles. The van der Waals surface area contributed by atoms with Crippen LogP contribution in [0.1, 0.15) is 32.1 Å². The fourth-order valence-corrected chi connectivity index (χ4v) is 6.22. The van der Waals surface area contributed by atoms with Gasteiger partial charge in [-0.3, -0.25) is 4.79 Å². The Morgan fingerprint density at radius 3 is 2.45 bits per heavy atom. The number of thioether (sulfide) groups is 1. The molecule has 2 aromatic carbocycles. The van der Waals surface area contributed by atoms with E-state index in [1.54, 1.807) is 30.3 Å². The third-order valence-electron chi connectivity index (χ3n) is 5.50. The van der Waals surface area contributed by atoms with Crippen molar-refractivity contribution >= 4 is 27.5 Å². The predicted molar refractivity (Wildman–Crippen MR) is 131 cm³/mol. The monoisotopic (exact) mass is 481 g/mol. The highest BCUT2D eigenvalue weighted by atomic mass is 32.2. The first-order chi connectivity index (χ1) is 16.0. The van der Waals surface area contributed by atoms with E-state index in [0.29, 0.717) is 17.4 Å². The van der Waals surface area contributed by atoms with Crippen molar-refractivity contribution in [3.63, 3.8) is 0 Å². The molecule has 1 aromatic heterocycles. The molecule has 8 heteroatoms. The number of nitrogens with one attached hydrogen (secondary N) is 2. The number of carbonyl (C=O) groups excluding carboxylic acids is 1. The largest absolute Gasteiger partial charge is 0.355 e. The van der Waals surface area contributed by atoms with Gasteiger partial charge in [0.05, 0.1) is 10.6 Å². The van der Waals surface area contributed by atoms with Gasteiger partial charge in [-0.05, 0) is 44.2 Å². The minimum absolute atomic E-state index is 0.0118. The number of sulfone groups is 1. The number of benzene rings is 2. The molecule has 0 aliphatic heterocycles. The standard InChI is InChI=1S/C25H27N3O3S2/c29-22(26-17-16-19-10-4-1-5-11-19)18-32-24-25(33(30,31)21-14-8-3-9-15-21)28-23(27-24)20-12-6-2-7-13-20/h2-3,6-10,12-15H,1,4-5,11,16-18H2,(H,26,29)(H,27,28). The van der Waals surface area contributed by atoms with E-state index < -0.39 is 9.84 Å². The predicted octanol–water partition coefficient (Wildman–Crippen LogP) is 5.01. The number of amides is 1. The van der Waals surface area contributed by atoms with Crippen molar-refractivity contribution in [2.75, 3.05) is 12.3 Å². The molecule has 6 nitrogen and oxygen atoms in total. The second-order valence-corrected chi connectivity index (χ2v) is 10.7. The molecule has 3 aromatic rings. The second kappa shape index (κ2) is 10.9. The molecule has 1 amide bonds. The van der Waals surface area contributed by atoms with E-state index in [1.807, 2.05) is 30.3 Å². The Hall–Kier alpha value is -2.84. The van der Waals surface area contributed by atoms with Gasteiger partial charge in [-0.1, -0.05) is 71.9 Å². The van der Waals surface area contributed by atoms with Gasteiger partial charge in [0, 0.05) is 12.1 Å². The fourth-order valence-electron chi connectivity index (χ4n) is 3.75. The molecule has 0 bridgehead atoms. The van der Waals surface area contributed by atoms with Gasteiger partial charge in [0.25, 0.3) is 0 Å². The van der Waals surface area contributed by atoms with E-state index in [1.165, 1.54) is 18.4 Å². The number of hydrogen-bond acceptors (Lipinski definition) is 5. The SMILES string of the molecule is O=C(CSc1nc(-c2ccccc2)[nH]c1S(=O)(=O)c1ccccc1)NCCC1=CCCCC1. The van der Waals surface area contributed by atoms with E-state index >= 15 is 0 Å². The van der Waals surface area contributed by atoms with E-state index in [-0.39, 0.29) is 21.6 Å². The maximum atomic E-state index is 13.3. The molecule has 1 heterocycles. The van der Waals surface area contributed by atoms with E-state index in [0.717, 1.165) is 36.6 Å². The summed E-state index contributed by atoms with van der Waals surface area (Å²) < 4.78 is 26.6. The van der Waals surface area contributed by atoms with Crippen LogP contribution < -0.4 is 5.32 Å². The number of aromatic nitrogens is 2. The zero-order valence-corrected chi connectivity index (χ0v) is 19.9. The minimum Gasteiger partial charge on any atom is -0.355 e. The van der Waals surface area contributed by atoms with Crippen LogP contribution in [0.5, 0.6) is 0 Å². The van der Waals surface area contributed by atoms with Crippen LogP contribution in [0.25, 0.3) is 11.4 Å². The fraction of sp³-hybridized carbons (Fsp3) is 0.280. The normalized spacial score (nSPS) is 14.0. The number of hydrogen-bond donors (Lipinski definition) is 2. The molecule has 1 aliphatic rings. The first-order valence-corrected chi connectivity index (χ1v) is 13.5. The first kappa shape index (κ1) is 23.3. The summed E-state index contributed by atoms with van der Waals surface area (Å²) in [6, 6.07) is 17.6. The van der Waals surface area contributed by atoms with Crippen LogP contribution >= 0.6 is 11.8 Å². The molecule has 0 radical (unpaired) electrons. The summed E-state index contributed by atoms with van der Waals surface area (Å²) in [5.41, 5.74) is 2.18. The maximum absolute atomic E-state index is 13.3. The smallest absolute Gasteiger partial charge is 0.230 e. The highest BCUT2D eigenvalue weighted by molar-refractivity contribution is 8.00. The number of H-pyrrole nitrogens is 1. The Labute approximate surface area is 198 Å². The van der Waals surface area contributed by atoms with Gasteiger partial charge in [-0.15, -0.1) is 0 Å². The summed E-state index contributed by atoms with van der Waals surface area (Å²) in [6.07, 6.45) is 7.85. The lowest BCUT2D eigenvalue weighted by Gasteiger charge is -2.12. The Kier molecular flexibility index (Phi) is 7.67. The molecule has 4 rings (SSSR count). The van der Waals surface area contributed by atoms with Crippen LogP contribution in [0.4, 0.5) is 0 Å². The number of allylic oxidation sites excluding steroid dienone is 1. The molecule has 0 unspecified atom stereocenters. The van der Waals surface area contributed by atoms with Crippen LogP contribution in [0, 0.1) is 0 Å². The van der Waals surface area contributed by atoms with Crippen LogP contribution in [-0.4, -0.2) is 36.6 Å². The maximum Gasteiger partial charge on any atom is 0.230 e. The van der Waals surface area contributed by atoms with Gasteiger partial charge >= 0.3 is 0 Å². The lowest BCUT2D eigenvalue weighted by Crippen LogP contribution is -2.26. The number of rotatable bonds is 9. The summed E-state index contributed by atoms with van der Waals surface area (Å²) in [5, 5.41) is 3.25. The molecule has 0 saturated heterocycles. The number of aromatic amines is 1. The number of carbonyl (C=O) groups is 1. The summed E-state index contributed by atoms with van der Waals surface area (Å²) in [4.78, 5) is 20.1. The Morgan fingerprint density at radius 2 is 1.76 bits per heavy atom. The second-order valence-electron chi connectivity index (χ2n) is 7.90. The zero-order chi connectivity index (χ0) is 23.1. The lowest BCUT2D eigenvalue weighted by atomic mass is 9.97. The van der Waals surface area contributed by atoms with E-state index in [2.05, 4.69) is 21.4 Å².